The molecule has 0 radical (unpaired) electrons. The summed E-state index contributed by atoms with van der Waals surface area (Å²) >= 11 is 0. The number of hydrogen-bond donors (Lipinski definition) is 1. The van der Waals surface area contributed by atoms with Crippen molar-refractivity contribution >= 4 is 23.7 Å². The van der Waals surface area contributed by atoms with Crippen molar-refractivity contribution in [1.29, 1.82) is 0 Å². The Labute approximate surface area is 219 Å². The van der Waals surface area contributed by atoms with E-state index < -0.39 is 41.5 Å². The Morgan fingerprint density at radius 1 is 1.00 bits per heavy atom. The number of anilines is 1. The Hall–Kier alpha value is -4.31. The maximum absolute atomic E-state index is 13.1. The van der Waals surface area contributed by atoms with Crippen LogP contribution < -0.4 is 11.0 Å². The van der Waals surface area contributed by atoms with E-state index in [1.54, 1.807) is 67.6 Å². The molecule has 198 valence electrons. The molecule has 2 heterocycles. The van der Waals surface area contributed by atoms with Gasteiger partial charge in [0.25, 0.3) is 0 Å². The number of benzene rings is 2. The van der Waals surface area contributed by atoms with Gasteiger partial charge in [0.1, 0.15) is 18.5 Å². The van der Waals surface area contributed by atoms with Crippen molar-refractivity contribution in [3.05, 3.63) is 94.5 Å². The Morgan fingerprint density at radius 3 is 2.16 bits per heavy atom. The highest BCUT2D eigenvalue weighted by atomic mass is 16.6. The van der Waals surface area contributed by atoms with Gasteiger partial charge in [0, 0.05) is 13.1 Å². The molecule has 2 aromatic carbocycles. The molecule has 1 N–H and O–H groups in total. The molecule has 10 heteroatoms. The first-order chi connectivity index (χ1) is 18.2. The molecule has 1 aliphatic heterocycles. The lowest BCUT2D eigenvalue weighted by atomic mass is 9.82. The van der Waals surface area contributed by atoms with Crippen LogP contribution in [-0.4, -0.2) is 46.2 Å². The molecule has 0 bridgehead atoms. The summed E-state index contributed by atoms with van der Waals surface area (Å²) in [5.41, 5.74) is -1.15. The van der Waals surface area contributed by atoms with Gasteiger partial charge >= 0.3 is 17.6 Å². The lowest BCUT2D eigenvalue weighted by Gasteiger charge is -2.34. The summed E-state index contributed by atoms with van der Waals surface area (Å²) < 4.78 is 19.2. The van der Waals surface area contributed by atoms with E-state index in [1.165, 1.54) is 23.8 Å². The van der Waals surface area contributed by atoms with Crippen LogP contribution in [0.15, 0.2) is 77.7 Å². The zero-order chi connectivity index (χ0) is 27.3. The zero-order valence-corrected chi connectivity index (χ0v) is 21.3. The summed E-state index contributed by atoms with van der Waals surface area (Å²) in [5, 5.41) is 2.47. The van der Waals surface area contributed by atoms with Crippen molar-refractivity contribution in [2.75, 3.05) is 11.9 Å². The van der Waals surface area contributed by atoms with Crippen molar-refractivity contribution in [2.24, 2.45) is 5.41 Å². The second-order valence-electron chi connectivity index (χ2n) is 9.26. The fourth-order valence-corrected chi connectivity index (χ4v) is 4.49. The van der Waals surface area contributed by atoms with E-state index in [1.807, 2.05) is 6.92 Å². The minimum absolute atomic E-state index is 0.0908. The molecule has 4 rings (SSSR count). The highest BCUT2D eigenvalue weighted by molar-refractivity contribution is 5.90. The van der Waals surface area contributed by atoms with Crippen molar-refractivity contribution in [3.63, 3.8) is 0 Å². The number of hydrogen-bond acceptors (Lipinski definition) is 8. The smallest absolute Gasteiger partial charge is 0.351 e. The molecular weight excluding hydrogens is 490 g/mol. The van der Waals surface area contributed by atoms with Gasteiger partial charge in [-0.2, -0.15) is 4.98 Å². The largest absolute Gasteiger partial charge is 0.461 e. The SMILES string of the molecule is CC[C@H]1O[C@@H](n2ccc(NC(C)=O)nc2=O)[C@@](C)(COC(=O)c2ccccc2)C1OC(=O)c1ccccc1. The van der Waals surface area contributed by atoms with Crippen LogP contribution in [-0.2, 0) is 19.0 Å². The van der Waals surface area contributed by atoms with Crippen LogP contribution in [0.1, 0.15) is 54.1 Å². The minimum Gasteiger partial charge on any atom is -0.461 e. The van der Waals surface area contributed by atoms with Gasteiger partial charge < -0.3 is 19.5 Å². The molecule has 38 heavy (non-hydrogen) atoms. The topological polar surface area (TPSA) is 126 Å². The standard InChI is InChI=1S/C28H29N3O7/c1-4-21-23(38-25(34)20-13-9-6-10-14-20)28(3,17-36-24(33)19-11-7-5-8-12-19)26(37-21)31-16-15-22(29-18(2)32)30-27(31)35/h5-16,21,23,26H,4,17H2,1-3H3,(H,29,30,32,35)/t21-,23?,26-,28+/m1/s1. The quantitative estimate of drug-likeness (QED) is 0.448. The molecule has 0 spiro atoms. The van der Waals surface area contributed by atoms with Gasteiger partial charge in [0.15, 0.2) is 6.23 Å². The summed E-state index contributed by atoms with van der Waals surface area (Å²) in [6.07, 6.45) is -0.560. The lowest BCUT2D eigenvalue weighted by molar-refractivity contribution is -0.114. The van der Waals surface area contributed by atoms with Gasteiger partial charge in [-0.15, -0.1) is 0 Å². The number of nitrogens with zero attached hydrogens (tertiary/aromatic N) is 2. The van der Waals surface area contributed by atoms with E-state index in [0.717, 1.165) is 0 Å². The van der Waals surface area contributed by atoms with Crippen LogP contribution in [0, 0.1) is 5.41 Å². The maximum Gasteiger partial charge on any atom is 0.351 e. The Bertz CT molecular complexity index is 1360. The predicted molar refractivity (Wildman–Crippen MR) is 137 cm³/mol. The molecular formula is C28H29N3O7. The number of carbonyl (C=O) groups excluding carboxylic acids is 3. The highest BCUT2D eigenvalue weighted by Crippen LogP contribution is 2.48. The molecule has 10 nitrogen and oxygen atoms in total. The van der Waals surface area contributed by atoms with Crippen molar-refractivity contribution in [1.82, 2.24) is 9.55 Å². The normalized spacial score (nSPS) is 22.4. The monoisotopic (exact) mass is 519 g/mol. The highest BCUT2D eigenvalue weighted by Gasteiger charge is 2.57. The number of ether oxygens (including phenoxy) is 3. The summed E-state index contributed by atoms with van der Waals surface area (Å²) in [5.74, 6) is -1.41. The number of amides is 1. The van der Waals surface area contributed by atoms with Crippen LogP contribution in [0.5, 0.6) is 0 Å². The van der Waals surface area contributed by atoms with E-state index in [-0.39, 0.29) is 18.3 Å². The summed E-state index contributed by atoms with van der Waals surface area (Å²) in [4.78, 5) is 54.2. The molecule has 1 fully saturated rings. The second kappa shape index (κ2) is 11.4. The molecule has 1 aromatic heterocycles. The lowest BCUT2D eigenvalue weighted by Crippen LogP contribution is -2.46. The first-order valence-electron chi connectivity index (χ1n) is 12.2. The molecule has 0 aliphatic carbocycles. The van der Waals surface area contributed by atoms with Crippen molar-refractivity contribution in [2.45, 2.75) is 45.6 Å². The molecule has 1 saturated heterocycles. The second-order valence-corrected chi connectivity index (χ2v) is 9.26. The average Bonchev–Trinajstić information content (AvgIpc) is 3.19. The summed E-state index contributed by atoms with van der Waals surface area (Å²) in [6, 6.07) is 18.5. The Kier molecular flexibility index (Phi) is 8.02. The third kappa shape index (κ3) is 5.65. The van der Waals surface area contributed by atoms with Crippen molar-refractivity contribution < 1.29 is 28.6 Å². The number of aromatic nitrogens is 2. The van der Waals surface area contributed by atoms with Gasteiger partial charge in [-0.05, 0) is 43.7 Å². The van der Waals surface area contributed by atoms with Gasteiger partial charge in [-0.25, -0.2) is 14.4 Å². The zero-order valence-electron chi connectivity index (χ0n) is 21.3. The minimum atomic E-state index is -1.17. The maximum atomic E-state index is 13.1. The van der Waals surface area contributed by atoms with E-state index >= 15 is 0 Å². The first-order valence-corrected chi connectivity index (χ1v) is 12.2. The van der Waals surface area contributed by atoms with E-state index in [9.17, 15) is 19.2 Å². The number of rotatable bonds is 8. The van der Waals surface area contributed by atoms with Crippen LogP contribution in [0.4, 0.5) is 5.82 Å². The summed E-state index contributed by atoms with van der Waals surface area (Å²) in [7, 11) is 0. The van der Waals surface area contributed by atoms with E-state index in [2.05, 4.69) is 10.3 Å². The Balaban J connectivity index is 1.69. The van der Waals surface area contributed by atoms with Gasteiger partial charge in [0.05, 0.1) is 22.6 Å². The molecule has 4 atom stereocenters. The predicted octanol–water partition coefficient (Wildman–Crippen LogP) is 3.60. The van der Waals surface area contributed by atoms with Crippen LogP contribution in [0.3, 0.4) is 0 Å². The van der Waals surface area contributed by atoms with E-state index in [0.29, 0.717) is 17.5 Å². The number of carbonyl (C=O) groups is 3. The number of nitrogens with one attached hydrogen (secondary N) is 1. The first kappa shape index (κ1) is 26.7. The van der Waals surface area contributed by atoms with Gasteiger partial charge in [0.2, 0.25) is 5.91 Å². The van der Waals surface area contributed by atoms with Gasteiger partial charge in [-0.1, -0.05) is 43.3 Å². The molecule has 3 aromatic rings. The van der Waals surface area contributed by atoms with Crippen LogP contribution in [0.25, 0.3) is 0 Å². The van der Waals surface area contributed by atoms with Crippen LogP contribution >= 0.6 is 0 Å². The number of esters is 2. The third-order valence-electron chi connectivity index (χ3n) is 6.41. The average molecular weight is 520 g/mol. The van der Waals surface area contributed by atoms with Crippen molar-refractivity contribution in [3.8, 4) is 0 Å². The Morgan fingerprint density at radius 2 is 1.61 bits per heavy atom. The fraction of sp³-hybridized carbons (Fsp3) is 0.321. The fourth-order valence-electron chi connectivity index (χ4n) is 4.49. The van der Waals surface area contributed by atoms with Gasteiger partial charge in [-0.3, -0.25) is 9.36 Å². The summed E-state index contributed by atoms with van der Waals surface area (Å²) in [6.45, 7) is 4.70. The third-order valence-corrected chi connectivity index (χ3v) is 6.41. The molecule has 0 saturated carbocycles. The molecule has 1 amide bonds. The molecule has 1 aliphatic rings. The van der Waals surface area contributed by atoms with E-state index in [4.69, 9.17) is 14.2 Å². The van der Waals surface area contributed by atoms with Crippen LogP contribution in [0.2, 0.25) is 0 Å². The molecule has 1 unspecified atom stereocenters.